The number of carbonyl (C=O) groups is 1. The van der Waals surface area contributed by atoms with E-state index in [1.54, 1.807) is 30.6 Å². The van der Waals surface area contributed by atoms with Crippen LogP contribution in [0.25, 0.3) is 0 Å². The molecule has 4 heteroatoms. The van der Waals surface area contributed by atoms with E-state index in [9.17, 15) is 4.79 Å². The van der Waals surface area contributed by atoms with Crippen molar-refractivity contribution < 1.29 is 9.53 Å². The summed E-state index contributed by atoms with van der Waals surface area (Å²) in [6, 6.07) is 11.3. The van der Waals surface area contributed by atoms with Crippen LogP contribution in [0.1, 0.15) is 35.1 Å². The standard InChI is InChI=1S/C16H19NO2S/c1-11(2)15(14-8-5-9-20-14)17-16(18)12-6-4-7-13(10-12)19-3/h4-11,15H,1-3H3,(H,17,18)/t15-/m0/s1. The summed E-state index contributed by atoms with van der Waals surface area (Å²) < 4.78 is 5.15. The number of amides is 1. The fourth-order valence-corrected chi connectivity index (χ4v) is 2.97. The van der Waals surface area contributed by atoms with Crippen molar-refractivity contribution in [3.8, 4) is 5.75 Å². The SMILES string of the molecule is COc1cccc(C(=O)N[C@H](c2cccs2)C(C)C)c1. The van der Waals surface area contributed by atoms with E-state index in [-0.39, 0.29) is 11.9 Å². The van der Waals surface area contributed by atoms with Crippen LogP contribution in [-0.2, 0) is 0 Å². The second-order valence-electron chi connectivity index (χ2n) is 4.94. The van der Waals surface area contributed by atoms with Crippen molar-refractivity contribution in [1.29, 1.82) is 0 Å². The first-order valence-electron chi connectivity index (χ1n) is 6.60. The predicted octanol–water partition coefficient (Wildman–Crippen LogP) is 3.88. The Labute approximate surface area is 123 Å². The van der Waals surface area contributed by atoms with Crippen LogP contribution < -0.4 is 10.1 Å². The Balaban J connectivity index is 2.16. The lowest BCUT2D eigenvalue weighted by Crippen LogP contribution is -2.31. The summed E-state index contributed by atoms with van der Waals surface area (Å²) in [5.74, 6) is 0.953. The number of nitrogens with one attached hydrogen (secondary N) is 1. The van der Waals surface area contributed by atoms with Gasteiger partial charge in [0.05, 0.1) is 13.2 Å². The van der Waals surface area contributed by atoms with Gasteiger partial charge in [0.2, 0.25) is 0 Å². The lowest BCUT2D eigenvalue weighted by atomic mass is 10.0. The first kappa shape index (κ1) is 14.6. The zero-order chi connectivity index (χ0) is 14.5. The summed E-state index contributed by atoms with van der Waals surface area (Å²) in [7, 11) is 1.60. The molecular weight excluding hydrogens is 270 g/mol. The van der Waals surface area contributed by atoms with Gasteiger partial charge in [0.1, 0.15) is 5.75 Å². The number of ether oxygens (including phenoxy) is 1. The molecule has 0 aliphatic rings. The molecular formula is C16H19NO2S. The normalized spacial score (nSPS) is 12.2. The molecule has 2 rings (SSSR count). The largest absolute Gasteiger partial charge is 0.497 e. The zero-order valence-corrected chi connectivity index (χ0v) is 12.7. The number of benzene rings is 1. The van der Waals surface area contributed by atoms with E-state index in [1.165, 1.54) is 4.88 Å². The van der Waals surface area contributed by atoms with E-state index < -0.39 is 0 Å². The van der Waals surface area contributed by atoms with Gasteiger partial charge in [-0.15, -0.1) is 11.3 Å². The van der Waals surface area contributed by atoms with Crippen molar-refractivity contribution in [3.63, 3.8) is 0 Å². The molecule has 20 heavy (non-hydrogen) atoms. The van der Waals surface area contributed by atoms with E-state index in [0.717, 1.165) is 0 Å². The van der Waals surface area contributed by atoms with E-state index in [4.69, 9.17) is 4.74 Å². The third kappa shape index (κ3) is 3.39. The maximum Gasteiger partial charge on any atom is 0.251 e. The fraction of sp³-hybridized carbons (Fsp3) is 0.312. The van der Waals surface area contributed by atoms with Crippen LogP contribution in [0.5, 0.6) is 5.75 Å². The smallest absolute Gasteiger partial charge is 0.251 e. The molecule has 0 aliphatic heterocycles. The monoisotopic (exact) mass is 289 g/mol. The number of thiophene rings is 1. The summed E-state index contributed by atoms with van der Waals surface area (Å²) in [5, 5.41) is 5.13. The number of methoxy groups -OCH3 is 1. The number of hydrogen-bond acceptors (Lipinski definition) is 3. The number of hydrogen-bond donors (Lipinski definition) is 1. The quantitative estimate of drug-likeness (QED) is 0.907. The molecule has 1 heterocycles. The van der Waals surface area contributed by atoms with Gasteiger partial charge in [-0.3, -0.25) is 4.79 Å². The Morgan fingerprint density at radius 1 is 1.25 bits per heavy atom. The molecule has 2 aromatic rings. The fourth-order valence-electron chi connectivity index (χ4n) is 2.02. The zero-order valence-electron chi connectivity index (χ0n) is 11.9. The van der Waals surface area contributed by atoms with Crippen LogP contribution in [-0.4, -0.2) is 13.0 Å². The van der Waals surface area contributed by atoms with E-state index in [1.807, 2.05) is 23.6 Å². The summed E-state index contributed by atoms with van der Waals surface area (Å²) >= 11 is 1.66. The molecule has 0 spiro atoms. The van der Waals surface area contributed by atoms with Gasteiger partial charge in [0.25, 0.3) is 5.91 Å². The molecule has 1 amide bonds. The molecule has 0 saturated carbocycles. The summed E-state index contributed by atoms with van der Waals surface area (Å²) in [6.07, 6.45) is 0. The highest BCUT2D eigenvalue weighted by Gasteiger charge is 2.20. The predicted molar refractivity (Wildman–Crippen MR) is 82.4 cm³/mol. The average Bonchev–Trinajstić information content (AvgIpc) is 2.98. The van der Waals surface area contributed by atoms with Gasteiger partial charge in [0, 0.05) is 10.4 Å². The van der Waals surface area contributed by atoms with Crippen molar-refractivity contribution in [3.05, 3.63) is 52.2 Å². The second kappa shape index (κ2) is 6.57. The lowest BCUT2D eigenvalue weighted by molar-refractivity contribution is 0.0926. The van der Waals surface area contributed by atoms with Crippen molar-refractivity contribution in [2.24, 2.45) is 5.92 Å². The third-order valence-corrected chi connectivity index (χ3v) is 4.09. The maximum absolute atomic E-state index is 12.4. The van der Waals surface area contributed by atoms with Gasteiger partial charge < -0.3 is 10.1 Å². The van der Waals surface area contributed by atoms with E-state index in [2.05, 4.69) is 25.2 Å². The molecule has 0 bridgehead atoms. The van der Waals surface area contributed by atoms with Crippen LogP contribution in [0.2, 0.25) is 0 Å². The van der Waals surface area contributed by atoms with E-state index in [0.29, 0.717) is 17.2 Å². The van der Waals surface area contributed by atoms with Crippen LogP contribution in [0.3, 0.4) is 0 Å². The van der Waals surface area contributed by atoms with Gasteiger partial charge >= 0.3 is 0 Å². The molecule has 1 N–H and O–H groups in total. The maximum atomic E-state index is 12.4. The Morgan fingerprint density at radius 2 is 2.05 bits per heavy atom. The molecule has 0 saturated heterocycles. The van der Waals surface area contributed by atoms with Crippen LogP contribution in [0.4, 0.5) is 0 Å². The molecule has 1 aromatic heterocycles. The summed E-state index contributed by atoms with van der Waals surface area (Å²) in [6.45, 7) is 4.21. The Bertz CT molecular complexity index is 564. The Morgan fingerprint density at radius 3 is 2.65 bits per heavy atom. The summed E-state index contributed by atoms with van der Waals surface area (Å²) in [5.41, 5.74) is 0.617. The van der Waals surface area contributed by atoms with Gasteiger partial charge in [-0.1, -0.05) is 26.0 Å². The van der Waals surface area contributed by atoms with Gasteiger partial charge in [-0.25, -0.2) is 0 Å². The second-order valence-corrected chi connectivity index (χ2v) is 5.92. The summed E-state index contributed by atoms with van der Waals surface area (Å²) in [4.78, 5) is 13.5. The van der Waals surface area contributed by atoms with Crippen molar-refractivity contribution >= 4 is 17.2 Å². The number of carbonyl (C=O) groups excluding carboxylic acids is 1. The van der Waals surface area contributed by atoms with Crippen molar-refractivity contribution in [2.45, 2.75) is 19.9 Å². The van der Waals surface area contributed by atoms with Crippen LogP contribution >= 0.6 is 11.3 Å². The topological polar surface area (TPSA) is 38.3 Å². The highest BCUT2D eigenvalue weighted by molar-refractivity contribution is 7.10. The minimum Gasteiger partial charge on any atom is -0.497 e. The molecule has 1 aromatic carbocycles. The van der Waals surface area contributed by atoms with E-state index >= 15 is 0 Å². The van der Waals surface area contributed by atoms with Gasteiger partial charge in [-0.2, -0.15) is 0 Å². The van der Waals surface area contributed by atoms with Gasteiger partial charge in [-0.05, 0) is 35.6 Å². The average molecular weight is 289 g/mol. The van der Waals surface area contributed by atoms with Crippen LogP contribution in [0, 0.1) is 5.92 Å². The third-order valence-electron chi connectivity index (χ3n) is 3.13. The minimum atomic E-state index is -0.0731. The molecule has 0 fully saturated rings. The van der Waals surface area contributed by atoms with Crippen molar-refractivity contribution in [2.75, 3.05) is 7.11 Å². The highest BCUT2D eigenvalue weighted by Crippen LogP contribution is 2.26. The minimum absolute atomic E-state index is 0.0358. The number of rotatable bonds is 5. The Hall–Kier alpha value is -1.81. The van der Waals surface area contributed by atoms with Crippen molar-refractivity contribution in [1.82, 2.24) is 5.32 Å². The first-order valence-corrected chi connectivity index (χ1v) is 7.48. The Kier molecular flexibility index (Phi) is 4.79. The molecule has 0 radical (unpaired) electrons. The molecule has 1 atom stereocenters. The first-order chi connectivity index (χ1) is 9.61. The molecule has 3 nitrogen and oxygen atoms in total. The molecule has 0 unspecified atom stereocenters. The van der Waals surface area contributed by atoms with Crippen LogP contribution in [0.15, 0.2) is 41.8 Å². The highest BCUT2D eigenvalue weighted by atomic mass is 32.1. The molecule has 0 aliphatic carbocycles. The molecule has 106 valence electrons. The van der Waals surface area contributed by atoms with Gasteiger partial charge in [0.15, 0.2) is 0 Å². The lowest BCUT2D eigenvalue weighted by Gasteiger charge is -2.21.